The largest absolute Gasteiger partial charge is 0.481 e. The van der Waals surface area contributed by atoms with Crippen molar-refractivity contribution in [3.63, 3.8) is 0 Å². The number of carboxylic acids is 1. The van der Waals surface area contributed by atoms with Crippen LogP contribution in [0.2, 0.25) is 0 Å². The van der Waals surface area contributed by atoms with Crippen LogP contribution >= 0.6 is 0 Å². The van der Waals surface area contributed by atoms with Crippen LogP contribution in [0.15, 0.2) is 18.2 Å². The third-order valence-electron chi connectivity index (χ3n) is 2.93. The Balaban J connectivity index is 2.21. The van der Waals surface area contributed by atoms with Gasteiger partial charge in [-0.1, -0.05) is 12.1 Å². The number of nitrogens with zero attached hydrogens (tertiary/aromatic N) is 1. The maximum absolute atomic E-state index is 11.7. The quantitative estimate of drug-likeness (QED) is 0.890. The van der Waals surface area contributed by atoms with Crippen LogP contribution in [0.5, 0.6) is 0 Å². The molecular weight excluding hydrogens is 234 g/mol. The van der Waals surface area contributed by atoms with Gasteiger partial charge in [0.2, 0.25) is 0 Å². The fourth-order valence-corrected chi connectivity index (χ4v) is 2.03. The summed E-state index contributed by atoms with van der Waals surface area (Å²) in [7, 11) is 0. The van der Waals surface area contributed by atoms with Crippen molar-refractivity contribution in [1.82, 2.24) is 0 Å². The number of aliphatic carboxylic acids is 1. The van der Waals surface area contributed by atoms with Gasteiger partial charge in [0.05, 0.1) is 18.7 Å². The smallest absolute Gasteiger partial charge is 0.414 e. The van der Waals surface area contributed by atoms with Gasteiger partial charge in [0.15, 0.2) is 0 Å². The van der Waals surface area contributed by atoms with E-state index in [1.807, 2.05) is 32.0 Å². The first kappa shape index (κ1) is 12.4. The van der Waals surface area contributed by atoms with E-state index in [4.69, 9.17) is 9.84 Å². The van der Waals surface area contributed by atoms with Crippen molar-refractivity contribution in [3.8, 4) is 0 Å². The van der Waals surface area contributed by atoms with Gasteiger partial charge < -0.3 is 9.84 Å². The zero-order chi connectivity index (χ0) is 13.3. The number of aryl methyl sites for hydroxylation is 2. The molecule has 1 atom stereocenters. The number of ether oxygens (including phenoxy) is 1. The van der Waals surface area contributed by atoms with E-state index in [9.17, 15) is 9.59 Å². The molecule has 0 aromatic heterocycles. The van der Waals surface area contributed by atoms with Crippen molar-refractivity contribution in [3.05, 3.63) is 29.3 Å². The van der Waals surface area contributed by atoms with E-state index < -0.39 is 18.2 Å². The Morgan fingerprint density at radius 2 is 2.22 bits per heavy atom. The van der Waals surface area contributed by atoms with Crippen molar-refractivity contribution < 1.29 is 19.4 Å². The van der Waals surface area contributed by atoms with Gasteiger partial charge in [-0.2, -0.15) is 0 Å². The minimum Gasteiger partial charge on any atom is -0.481 e. The second kappa shape index (κ2) is 4.68. The lowest BCUT2D eigenvalue weighted by Gasteiger charge is -2.16. The van der Waals surface area contributed by atoms with Crippen molar-refractivity contribution in [1.29, 1.82) is 0 Å². The molecule has 0 bridgehead atoms. The van der Waals surface area contributed by atoms with Gasteiger partial charge >= 0.3 is 12.1 Å². The summed E-state index contributed by atoms with van der Waals surface area (Å²) in [6.07, 6.45) is -1.21. The molecule has 96 valence electrons. The van der Waals surface area contributed by atoms with Gasteiger partial charge in [0.25, 0.3) is 0 Å². The third-order valence-corrected chi connectivity index (χ3v) is 2.93. The van der Waals surface area contributed by atoms with Crippen molar-refractivity contribution in [2.45, 2.75) is 26.4 Å². The highest BCUT2D eigenvalue weighted by Gasteiger charge is 2.34. The Morgan fingerprint density at radius 3 is 2.89 bits per heavy atom. The molecule has 1 aliphatic rings. The number of hydrogen-bond acceptors (Lipinski definition) is 3. The monoisotopic (exact) mass is 249 g/mol. The van der Waals surface area contributed by atoms with Gasteiger partial charge in [-0.25, -0.2) is 4.79 Å². The standard InChI is InChI=1S/C13H15NO4/c1-8-3-4-9(2)11(5-8)14-7-10(6-12(15)16)18-13(14)17/h3-5,10H,6-7H2,1-2H3,(H,15,16). The number of cyclic esters (lactones) is 1. The van der Waals surface area contributed by atoms with Gasteiger partial charge in [0, 0.05) is 0 Å². The van der Waals surface area contributed by atoms with Crippen LogP contribution in [0.3, 0.4) is 0 Å². The molecule has 18 heavy (non-hydrogen) atoms. The molecule has 1 fully saturated rings. The maximum atomic E-state index is 11.7. The fourth-order valence-electron chi connectivity index (χ4n) is 2.03. The summed E-state index contributed by atoms with van der Waals surface area (Å²) in [5.41, 5.74) is 2.80. The molecule has 0 saturated carbocycles. The average molecular weight is 249 g/mol. The topological polar surface area (TPSA) is 66.8 Å². The van der Waals surface area contributed by atoms with E-state index in [1.165, 1.54) is 4.90 Å². The van der Waals surface area contributed by atoms with Crippen LogP contribution in [0.25, 0.3) is 0 Å². The van der Waals surface area contributed by atoms with Crippen LogP contribution in [0.1, 0.15) is 17.5 Å². The number of anilines is 1. The Morgan fingerprint density at radius 1 is 1.50 bits per heavy atom. The lowest BCUT2D eigenvalue weighted by atomic mass is 10.1. The minimum atomic E-state index is -0.962. The molecule has 5 heteroatoms. The van der Waals surface area contributed by atoms with Gasteiger partial charge in [-0.15, -0.1) is 0 Å². The molecule has 1 aliphatic heterocycles. The molecule has 1 saturated heterocycles. The molecule has 0 spiro atoms. The second-order valence-electron chi connectivity index (χ2n) is 4.50. The SMILES string of the molecule is Cc1ccc(C)c(N2CC(CC(=O)O)OC2=O)c1. The van der Waals surface area contributed by atoms with E-state index in [0.29, 0.717) is 0 Å². The van der Waals surface area contributed by atoms with Gasteiger partial charge in [0.1, 0.15) is 6.10 Å². The number of benzene rings is 1. The highest BCUT2D eigenvalue weighted by Crippen LogP contribution is 2.27. The molecule has 1 heterocycles. The molecule has 1 aromatic carbocycles. The number of carbonyl (C=O) groups is 2. The molecular formula is C13H15NO4. The predicted molar refractivity (Wildman–Crippen MR) is 65.8 cm³/mol. The number of rotatable bonds is 3. The zero-order valence-corrected chi connectivity index (χ0v) is 10.3. The summed E-state index contributed by atoms with van der Waals surface area (Å²) in [6.45, 7) is 4.14. The van der Waals surface area contributed by atoms with Gasteiger partial charge in [-0.05, 0) is 31.0 Å². The predicted octanol–water partition coefficient (Wildman–Crippen LogP) is 2.10. The highest BCUT2D eigenvalue weighted by atomic mass is 16.6. The molecule has 1 unspecified atom stereocenters. The highest BCUT2D eigenvalue weighted by molar-refractivity contribution is 5.91. The van der Waals surface area contributed by atoms with Crippen LogP contribution in [0.4, 0.5) is 10.5 Å². The van der Waals surface area contributed by atoms with Crippen molar-refractivity contribution >= 4 is 17.7 Å². The number of carboxylic acid groups (broad SMARTS) is 1. The van der Waals surface area contributed by atoms with Crippen LogP contribution < -0.4 is 4.90 Å². The summed E-state index contributed by atoms with van der Waals surface area (Å²) in [5, 5.41) is 8.71. The van der Waals surface area contributed by atoms with E-state index in [2.05, 4.69) is 0 Å². The number of hydrogen-bond donors (Lipinski definition) is 1. The average Bonchev–Trinajstić information content (AvgIpc) is 2.62. The van der Waals surface area contributed by atoms with Crippen molar-refractivity contribution in [2.24, 2.45) is 0 Å². The first-order chi connectivity index (χ1) is 8.47. The Labute approximate surface area is 105 Å². The van der Waals surface area contributed by atoms with E-state index in [1.54, 1.807) is 0 Å². The molecule has 1 aromatic rings. The summed E-state index contributed by atoms with van der Waals surface area (Å²) >= 11 is 0. The first-order valence-electron chi connectivity index (χ1n) is 5.74. The Bertz CT molecular complexity index is 498. The summed E-state index contributed by atoms with van der Waals surface area (Å²) in [4.78, 5) is 23.9. The van der Waals surface area contributed by atoms with E-state index >= 15 is 0 Å². The van der Waals surface area contributed by atoms with E-state index in [0.717, 1.165) is 16.8 Å². The Hall–Kier alpha value is -2.04. The molecule has 0 aliphatic carbocycles. The van der Waals surface area contributed by atoms with Crippen LogP contribution in [-0.2, 0) is 9.53 Å². The minimum absolute atomic E-state index is 0.160. The molecule has 5 nitrogen and oxygen atoms in total. The Kier molecular flexibility index (Phi) is 3.23. The van der Waals surface area contributed by atoms with Crippen LogP contribution in [0, 0.1) is 13.8 Å². The third kappa shape index (κ3) is 2.45. The number of carbonyl (C=O) groups excluding carboxylic acids is 1. The molecule has 2 rings (SSSR count). The molecule has 0 radical (unpaired) electrons. The fraction of sp³-hybridized carbons (Fsp3) is 0.385. The van der Waals surface area contributed by atoms with E-state index in [-0.39, 0.29) is 13.0 Å². The number of amides is 1. The van der Waals surface area contributed by atoms with Gasteiger partial charge in [-0.3, -0.25) is 9.69 Å². The summed E-state index contributed by atoms with van der Waals surface area (Å²) in [5.74, 6) is -0.962. The maximum Gasteiger partial charge on any atom is 0.414 e. The lowest BCUT2D eigenvalue weighted by Crippen LogP contribution is -2.26. The molecule has 1 amide bonds. The lowest BCUT2D eigenvalue weighted by molar-refractivity contribution is -0.138. The zero-order valence-electron chi connectivity index (χ0n) is 10.3. The van der Waals surface area contributed by atoms with Crippen molar-refractivity contribution in [2.75, 3.05) is 11.4 Å². The normalized spacial score (nSPS) is 18.9. The van der Waals surface area contributed by atoms with Crippen LogP contribution in [-0.4, -0.2) is 29.8 Å². The summed E-state index contributed by atoms with van der Waals surface area (Å²) in [6, 6.07) is 5.80. The summed E-state index contributed by atoms with van der Waals surface area (Å²) < 4.78 is 5.04. The molecule has 1 N–H and O–H groups in total. The second-order valence-corrected chi connectivity index (χ2v) is 4.50. The first-order valence-corrected chi connectivity index (χ1v) is 5.74.